The molecule has 3 fully saturated rings. The van der Waals surface area contributed by atoms with Crippen LogP contribution in [0.25, 0.3) is 0 Å². The number of fused-ring (bicyclic) bond motifs is 1. The van der Waals surface area contributed by atoms with Crippen LogP contribution in [0.15, 0.2) is 10.9 Å². The second-order valence-electron chi connectivity index (χ2n) is 5.74. The number of H-pyrrole nitrogens is 1. The van der Waals surface area contributed by atoms with Crippen molar-refractivity contribution >= 4 is 11.8 Å². The van der Waals surface area contributed by atoms with Crippen LogP contribution in [-0.4, -0.2) is 53.1 Å². The van der Waals surface area contributed by atoms with E-state index in [0.29, 0.717) is 19.0 Å². The average molecular weight is 275 g/mol. The van der Waals surface area contributed by atoms with Gasteiger partial charge in [0.2, 0.25) is 0 Å². The van der Waals surface area contributed by atoms with Gasteiger partial charge in [-0.05, 0) is 12.8 Å². The number of hydrogen-bond donors (Lipinski definition) is 2. The summed E-state index contributed by atoms with van der Waals surface area (Å²) in [5, 5.41) is 2.86. The van der Waals surface area contributed by atoms with Gasteiger partial charge in [-0.3, -0.25) is 4.79 Å². The number of aromatic nitrogens is 2. The van der Waals surface area contributed by atoms with Crippen molar-refractivity contribution in [2.24, 2.45) is 0 Å². The van der Waals surface area contributed by atoms with Crippen molar-refractivity contribution in [2.45, 2.75) is 24.8 Å². The molecule has 0 aromatic carbocycles. The fourth-order valence-electron chi connectivity index (χ4n) is 2.99. The average Bonchev–Trinajstić information content (AvgIpc) is 3.23. The highest BCUT2D eigenvalue weighted by Crippen LogP contribution is 2.38. The molecule has 0 spiro atoms. The predicted octanol–water partition coefficient (Wildman–Crippen LogP) is -0.139. The van der Waals surface area contributed by atoms with E-state index in [1.807, 2.05) is 4.90 Å². The smallest absolute Gasteiger partial charge is 0.317 e. The molecular formula is C13H17N5O2. The molecule has 3 aliphatic rings. The first-order chi connectivity index (χ1) is 9.70. The Bertz CT molecular complexity index is 609. The fourth-order valence-corrected chi connectivity index (χ4v) is 2.99. The van der Waals surface area contributed by atoms with Crippen LogP contribution >= 0.6 is 0 Å². The first-order valence-corrected chi connectivity index (χ1v) is 7.11. The molecule has 1 atom stereocenters. The largest absolute Gasteiger partial charge is 0.352 e. The highest BCUT2D eigenvalue weighted by molar-refractivity contribution is 5.77. The third kappa shape index (κ3) is 1.93. The number of anilines is 1. The predicted molar refractivity (Wildman–Crippen MR) is 72.9 cm³/mol. The van der Waals surface area contributed by atoms with Gasteiger partial charge in [-0.25, -0.2) is 9.78 Å². The Balaban J connectivity index is 1.59. The number of aromatic amines is 1. The Morgan fingerprint density at radius 1 is 1.25 bits per heavy atom. The summed E-state index contributed by atoms with van der Waals surface area (Å²) >= 11 is 0. The summed E-state index contributed by atoms with van der Waals surface area (Å²) in [6.07, 6.45) is 2.22. The topological polar surface area (TPSA) is 81.3 Å². The summed E-state index contributed by atoms with van der Waals surface area (Å²) in [6.45, 7) is 2.82. The third-order valence-electron chi connectivity index (χ3n) is 4.27. The minimum Gasteiger partial charge on any atom is -0.352 e. The number of carbonyl (C=O) groups is 1. The highest BCUT2D eigenvalue weighted by atomic mass is 16.2. The van der Waals surface area contributed by atoms with Gasteiger partial charge in [0, 0.05) is 38.2 Å². The van der Waals surface area contributed by atoms with Crippen molar-refractivity contribution in [2.75, 3.05) is 31.1 Å². The lowest BCUT2D eigenvalue weighted by molar-refractivity contribution is 0.197. The standard InChI is InChI=1S/C13H17N5O2/c19-11-5-10(15-12(16-11)8-1-2-8)17-3-4-18-9(7-17)6-14-13(18)20/h5,8-9H,1-4,6-7H2,(H,14,20)(H,15,16,19). The van der Waals surface area contributed by atoms with Crippen LogP contribution in [0.3, 0.4) is 0 Å². The maximum Gasteiger partial charge on any atom is 0.317 e. The highest BCUT2D eigenvalue weighted by Gasteiger charge is 2.36. The zero-order valence-corrected chi connectivity index (χ0v) is 11.1. The van der Waals surface area contributed by atoms with Crippen LogP contribution in [0.4, 0.5) is 10.6 Å². The van der Waals surface area contributed by atoms with Crippen molar-refractivity contribution in [3.05, 3.63) is 22.2 Å². The normalized spacial score (nSPS) is 25.6. The Morgan fingerprint density at radius 2 is 2.10 bits per heavy atom. The molecule has 1 saturated carbocycles. The van der Waals surface area contributed by atoms with E-state index in [4.69, 9.17) is 0 Å². The van der Waals surface area contributed by atoms with E-state index in [0.717, 1.165) is 37.6 Å². The second-order valence-corrected chi connectivity index (χ2v) is 5.74. The Morgan fingerprint density at radius 3 is 2.90 bits per heavy atom. The van der Waals surface area contributed by atoms with Gasteiger partial charge in [0.1, 0.15) is 11.6 Å². The number of nitrogens with zero attached hydrogens (tertiary/aromatic N) is 3. The molecular weight excluding hydrogens is 258 g/mol. The van der Waals surface area contributed by atoms with Crippen molar-refractivity contribution in [1.29, 1.82) is 0 Å². The SMILES string of the molecule is O=C1NCC2CN(c3cc(=O)[nH]c(C4CC4)n3)CCN12. The molecule has 1 aliphatic carbocycles. The zero-order chi connectivity index (χ0) is 13.7. The zero-order valence-electron chi connectivity index (χ0n) is 11.1. The van der Waals surface area contributed by atoms with Crippen LogP contribution < -0.4 is 15.8 Å². The van der Waals surface area contributed by atoms with Gasteiger partial charge in [0.15, 0.2) is 0 Å². The van der Waals surface area contributed by atoms with Crippen LogP contribution in [0.5, 0.6) is 0 Å². The van der Waals surface area contributed by atoms with Crippen molar-refractivity contribution in [1.82, 2.24) is 20.2 Å². The summed E-state index contributed by atoms with van der Waals surface area (Å²) in [5.74, 6) is 1.99. The van der Waals surface area contributed by atoms with Gasteiger partial charge < -0.3 is 20.1 Å². The van der Waals surface area contributed by atoms with E-state index in [-0.39, 0.29) is 17.6 Å². The molecule has 0 radical (unpaired) electrons. The van der Waals surface area contributed by atoms with Crippen LogP contribution in [0.1, 0.15) is 24.6 Å². The van der Waals surface area contributed by atoms with Gasteiger partial charge in [-0.15, -0.1) is 0 Å². The Labute approximate surface area is 116 Å². The molecule has 7 heteroatoms. The van der Waals surface area contributed by atoms with E-state index in [1.165, 1.54) is 0 Å². The van der Waals surface area contributed by atoms with E-state index < -0.39 is 0 Å². The van der Waals surface area contributed by atoms with Crippen LogP contribution in [0.2, 0.25) is 0 Å². The number of nitrogens with one attached hydrogen (secondary N) is 2. The summed E-state index contributed by atoms with van der Waals surface area (Å²) in [4.78, 5) is 34.8. The first-order valence-electron chi connectivity index (χ1n) is 7.11. The first kappa shape index (κ1) is 11.7. The lowest BCUT2D eigenvalue weighted by Gasteiger charge is -2.37. The molecule has 2 N–H and O–H groups in total. The van der Waals surface area contributed by atoms with E-state index in [1.54, 1.807) is 6.07 Å². The molecule has 1 aromatic heterocycles. The monoisotopic (exact) mass is 275 g/mol. The minimum atomic E-state index is -0.0834. The summed E-state index contributed by atoms with van der Waals surface area (Å²) in [6, 6.07) is 1.76. The Kier molecular flexibility index (Phi) is 2.48. The lowest BCUT2D eigenvalue weighted by atomic mass is 10.2. The number of amides is 2. The van der Waals surface area contributed by atoms with Crippen molar-refractivity contribution in [3.8, 4) is 0 Å². The number of rotatable bonds is 2. The number of carbonyl (C=O) groups excluding carboxylic acids is 1. The molecule has 2 saturated heterocycles. The minimum absolute atomic E-state index is 0.0205. The van der Waals surface area contributed by atoms with Gasteiger partial charge in [0.25, 0.3) is 5.56 Å². The summed E-state index contributed by atoms with van der Waals surface area (Å²) < 4.78 is 0. The number of piperazine rings is 1. The lowest BCUT2D eigenvalue weighted by Crippen LogP contribution is -2.52. The molecule has 4 rings (SSSR count). The molecule has 7 nitrogen and oxygen atoms in total. The fraction of sp³-hybridized carbons (Fsp3) is 0.615. The molecule has 20 heavy (non-hydrogen) atoms. The second kappa shape index (κ2) is 4.22. The molecule has 2 aliphatic heterocycles. The van der Waals surface area contributed by atoms with Crippen molar-refractivity contribution < 1.29 is 4.79 Å². The van der Waals surface area contributed by atoms with Crippen molar-refractivity contribution in [3.63, 3.8) is 0 Å². The van der Waals surface area contributed by atoms with Gasteiger partial charge in [-0.1, -0.05) is 0 Å². The molecule has 3 heterocycles. The Hall–Kier alpha value is -2.05. The van der Waals surface area contributed by atoms with Gasteiger partial charge >= 0.3 is 6.03 Å². The molecule has 0 bridgehead atoms. The van der Waals surface area contributed by atoms with E-state index >= 15 is 0 Å². The van der Waals surface area contributed by atoms with Crippen LogP contribution in [-0.2, 0) is 0 Å². The van der Waals surface area contributed by atoms with E-state index in [2.05, 4.69) is 20.2 Å². The van der Waals surface area contributed by atoms with Gasteiger partial charge in [0.05, 0.1) is 6.04 Å². The van der Waals surface area contributed by atoms with Crippen LogP contribution in [0, 0.1) is 0 Å². The maximum atomic E-state index is 11.8. The molecule has 1 unspecified atom stereocenters. The summed E-state index contributed by atoms with van der Waals surface area (Å²) in [5.41, 5.74) is -0.0834. The summed E-state index contributed by atoms with van der Waals surface area (Å²) in [7, 11) is 0. The van der Waals surface area contributed by atoms with E-state index in [9.17, 15) is 9.59 Å². The quantitative estimate of drug-likeness (QED) is 0.787. The van der Waals surface area contributed by atoms with Gasteiger partial charge in [-0.2, -0.15) is 0 Å². The third-order valence-corrected chi connectivity index (χ3v) is 4.27. The molecule has 1 aromatic rings. The molecule has 2 amide bonds. The molecule has 106 valence electrons. The number of hydrogen-bond acceptors (Lipinski definition) is 4. The number of urea groups is 1. The maximum absolute atomic E-state index is 11.8.